The standard InChI is InChI=1S/C35H44N6O4/c1-34(2)24-20-28(34)35(43,29(42)21-24)14-18-44-19-17-40-15-12-25(13-16-40)41-33-30(32(36)37-22-38-33)31(39-41)23-8-10-27(11-9-23)45-26-6-4-3-5-7-26/h3-11,22,24-25,28-29,42-43H,12-21H2,1-2H3,(H2,36,37,38)/t24-,28-,29+,35-/m1/s1. The summed E-state index contributed by atoms with van der Waals surface area (Å²) < 4.78 is 14.0. The van der Waals surface area contributed by atoms with Crippen LogP contribution in [0.3, 0.4) is 0 Å². The van der Waals surface area contributed by atoms with Gasteiger partial charge in [0.25, 0.3) is 0 Å². The summed E-state index contributed by atoms with van der Waals surface area (Å²) >= 11 is 0. The zero-order chi connectivity index (χ0) is 31.2. The minimum atomic E-state index is -1.03. The summed E-state index contributed by atoms with van der Waals surface area (Å²) in [4.78, 5) is 11.3. The zero-order valence-corrected chi connectivity index (χ0v) is 26.2. The molecule has 3 saturated carbocycles. The van der Waals surface area contributed by atoms with E-state index < -0.39 is 11.7 Å². The number of hydrogen-bond acceptors (Lipinski definition) is 9. The Balaban J connectivity index is 0.949. The van der Waals surface area contributed by atoms with Crippen LogP contribution in [0.1, 0.15) is 52.0 Å². The number of para-hydroxylation sites is 1. The second-order valence-electron chi connectivity index (χ2n) is 13.7. The van der Waals surface area contributed by atoms with Crippen LogP contribution in [0.5, 0.6) is 11.5 Å². The smallest absolute Gasteiger partial charge is 0.164 e. The number of fused-ring (bicyclic) bond motifs is 3. The van der Waals surface area contributed by atoms with Crippen LogP contribution in [0.4, 0.5) is 5.82 Å². The highest BCUT2D eigenvalue weighted by atomic mass is 16.5. The summed E-state index contributed by atoms with van der Waals surface area (Å²) in [5.74, 6) is 2.62. The maximum absolute atomic E-state index is 11.3. The number of rotatable bonds is 10. The normalized spacial score (nSPS) is 26.5. The Morgan fingerprint density at radius 1 is 0.956 bits per heavy atom. The SMILES string of the molecule is CC1(C)[C@@H]2C[C@H]1[C@](O)(CCOCCN1CCC(n3nc(-c4ccc(Oc5ccccc5)cc4)c4c(N)ncnc43)CC1)[C@@H](O)C2. The Labute approximate surface area is 264 Å². The molecular formula is C35H44N6O4. The van der Waals surface area contributed by atoms with Crippen LogP contribution in [0.2, 0.25) is 0 Å². The Bertz CT molecular complexity index is 1620. The summed E-state index contributed by atoms with van der Waals surface area (Å²) in [6.07, 6.45) is 4.93. The highest BCUT2D eigenvalue weighted by molar-refractivity contribution is 5.98. The fourth-order valence-corrected chi connectivity index (χ4v) is 7.99. The molecule has 1 saturated heterocycles. The maximum atomic E-state index is 11.3. The predicted octanol–water partition coefficient (Wildman–Crippen LogP) is 5.07. The van der Waals surface area contributed by atoms with Gasteiger partial charge in [0.15, 0.2) is 5.65 Å². The lowest BCUT2D eigenvalue weighted by atomic mass is 9.43. The van der Waals surface area contributed by atoms with Crippen LogP contribution in [0, 0.1) is 17.3 Å². The number of nitrogens with two attached hydrogens (primary N) is 1. The molecule has 4 atom stereocenters. The maximum Gasteiger partial charge on any atom is 0.164 e. The van der Waals surface area contributed by atoms with Crippen molar-refractivity contribution in [3.05, 3.63) is 60.9 Å². The first-order chi connectivity index (χ1) is 21.7. The molecule has 0 spiro atoms. The lowest BCUT2D eigenvalue weighted by molar-refractivity contribution is -0.258. The molecule has 10 heteroatoms. The molecule has 1 aliphatic heterocycles. The molecule has 8 rings (SSSR count). The first kappa shape index (κ1) is 30.1. The average Bonchev–Trinajstić information content (AvgIpc) is 3.44. The number of aliphatic hydroxyl groups is 2. The van der Waals surface area contributed by atoms with Crippen molar-refractivity contribution >= 4 is 16.9 Å². The third-order valence-corrected chi connectivity index (χ3v) is 10.9. The van der Waals surface area contributed by atoms with Crippen LogP contribution in [0.15, 0.2) is 60.9 Å². The monoisotopic (exact) mass is 612 g/mol. The Morgan fingerprint density at radius 2 is 1.69 bits per heavy atom. The van der Waals surface area contributed by atoms with Gasteiger partial charge >= 0.3 is 0 Å². The summed E-state index contributed by atoms with van der Waals surface area (Å²) in [5.41, 5.74) is 7.90. The van der Waals surface area contributed by atoms with Crippen LogP contribution in [-0.4, -0.2) is 79.4 Å². The molecule has 3 heterocycles. The first-order valence-corrected chi connectivity index (χ1v) is 16.3. The van der Waals surface area contributed by atoms with Crippen LogP contribution in [-0.2, 0) is 4.74 Å². The molecule has 2 aromatic heterocycles. The van der Waals surface area contributed by atoms with Gasteiger partial charge in [-0.15, -0.1) is 0 Å². The average molecular weight is 613 g/mol. The number of likely N-dealkylation sites (tertiary alicyclic amines) is 1. The predicted molar refractivity (Wildman–Crippen MR) is 173 cm³/mol. The summed E-state index contributed by atoms with van der Waals surface area (Å²) in [5, 5.41) is 27.8. The highest BCUT2D eigenvalue weighted by Crippen LogP contribution is 2.63. The summed E-state index contributed by atoms with van der Waals surface area (Å²) in [6, 6.07) is 17.8. The number of nitrogens with zero attached hydrogens (tertiary/aromatic N) is 5. The molecular weight excluding hydrogens is 568 g/mol. The Hall–Kier alpha value is -3.57. The Morgan fingerprint density at radius 3 is 2.42 bits per heavy atom. The van der Waals surface area contributed by atoms with Crippen molar-refractivity contribution in [2.75, 3.05) is 38.6 Å². The van der Waals surface area contributed by atoms with Gasteiger partial charge in [0.1, 0.15) is 29.3 Å². The molecule has 3 aliphatic carbocycles. The number of piperidine rings is 1. The van der Waals surface area contributed by atoms with Crippen LogP contribution < -0.4 is 10.5 Å². The minimum absolute atomic E-state index is 0.0961. The Kier molecular flexibility index (Phi) is 8.02. The molecule has 2 aromatic carbocycles. The van der Waals surface area contributed by atoms with Crippen molar-refractivity contribution in [1.29, 1.82) is 0 Å². The lowest BCUT2D eigenvalue weighted by Crippen LogP contribution is -2.67. The van der Waals surface area contributed by atoms with Gasteiger partial charge in [0, 0.05) is 38.2 Å². The van der Waals surface area contributed by atoms with Gasteiger partial charge in [-0.25, -0.2) is 14.6 Å². The van der Waals surface area contributed by atoms with E-state index in [2.05, 4.69) is 28.7 Å². The minimum Gasteiger partial charge on any atom is -0.457 e. The molecule has 238 valence electrons. The van der Waals surface area contributed by atoms with E-state index in [1.807, 2.05) is 59.3 Å². The van der Waals surface area contributed by atoms with Gasteiger partial charge in [0.05, 0.1) is 29.7 Å². The van der Waals surface area contributed by atoms with Gasteiger partial charge in [0.2, 0.25) is 0 Å². The van der Waals surface area contributed by atoms with Crippen molar-refractivity contribution in [3.63, 3.8) is 0 Å². The number of benzene rings is 2. The van der Waals surface area contributed by atoms with Crippen molar-refractivity contribution < 1.29 is 19.7 Å². The molecule has 10 nitrogen and oxygen atoms in total. The van der Waals surface area contributed by atoms with Crippen LogP contribution in [0.25, 0.3) is 22.3 Å². The van der Waals surface area contributed by atoms with Gasteiger partial charge in [-0.05, 0) is 79.3 Å². The molecule has 4 N–H and O–H groups in total. The van der Waals surface area contributed by atoms with Crippen molar-refractivity contribution in [2.45, 2.75) is 63.7 Å². The number of aromatic nitrogens is 4. The number of ether oxygens (including phenoxy) is 2. The van der Waals surface area contributed by atoms with Crippen molar-refractivity contribution in [2.24, 2.45) is 17.3 Å². The molecule has 45 heavy (non-hydrogen) atoms. The molecule has 0 amide bonds. The number of aliphatic hydroxyl groups excluding tert-OH is 1. The second kappa shape index (κ2) is 12.0. The number of anilines is 1. The molecule has 0 unspecified atom stereocenters. The van der Waals surface area contributed by atoms with E-state index in [-0.39, 0.29) is 17.4 Å². The molecule has 0 radical (unpaired) electrons. The van der Waals surface area contributed by atoms with Gasteiger partial charge < -0.3 is 30.3 Å². The topological polar surface area (TPSA) is 132 Å². The van der Waals surface area contributed by atoms with E-state index in [9.17, 15) is 10.2 Å². The second-order valence-corrected chi connectivity index (χ2v) is 13.7. The van der Waals surface area contributed by atoms with E-state index in [1.165, 1.54) is 6.33 Å². The summed E-state index contributed by atoms with van der Waals surface area (Å²) in [7, 11) is 0. The molecule has 4 aliphatic rings. The van der Waals surface area contributed by atoms with E-state index in [4.69, 9.17) is 20.3 Å². The highest BCUT2D eigenvalue weighted by Gasteiger charge is 2.64. The van der Waals surface area contributed by atoms with Gasteiger partial charge in [-0.1, -0.05) is 32.0 Å². The van der Waals surface area contributed by atoms with E-state index in [1.54, 1.807) is 0 Å². The third kappa shape index (κ3) is 5.58. The number of hydrogen-bond donors (Lipinski definition) is 3. The lowest BCUT2D eigenvalue weighted by Gasteiger charge is -2.65. The third-order valence-electron chi connectivity index (χ3n) is 10.9. The van der Waals surface area contributed by atoms with Crippen LogP contribution >= 0.6 is 0 Å². The van der Waals surface area contributed by atoms with Crippen molar-refractivity contribution in [3.8, 4) is 22.8 Å². The van der Waals surface area contributed by atoms with Crippen molar-refractivity contribution in [1.82, 2.24) is 24.6 Å². The van der Waals surface area contributed by atoms with E-state index in [0.29, 0.717) is 37.8 Å². The van der Waals surface area contributed by atoms with E-state index in [0.717, 1.165) is 72.7 Å². The van der Waals surface area contributed by atoms with Gasteiger partial charge in [-0.3, -0.25) is 0 Å². The quantitative estimate of drug-likeness (QED) is 0.210. The number of nitrogen functional groups attached to an aromatic ring is 1. The first-order valence-electron chi connectivity index (χ1n) is 16.3. The fraction of sp³-hybridized carbons (Fsp3) is 0.514. The van der Waals surface area contributed by atoms with E-state index >= 15 is 0 Å². The zero-order valence-electron chi connectivity index (χ0n) is 26.2. The molecule has 4 fully saturated rings. The molecule has 2 bridgehead atoms. The van der Waals surface area contributed by atoms with Gasteiger partial charge in [-0.2, -0.15) is 5.10 Å². The largest absolute Gasteiger partial charge is 0.457 e. The fourth-order valence-electron chi connectivity index (χ4n) is 7.99. The molecule has 4 aromatic rings. The summed E-state index contributed by atoms with van der Waals surface area (Å²) in [6.45, 7) is 8.21.